The number of rotatable bonds is 5. The van der Waals surface area contributed by atoms with Gasteiger partial charge in [0.15, 0.2) is 0 Å². The number of methoxy groups -OCH3 is 2. The van der Waals surface area contributed by atoms with Crippen molar-refractivity contribution >= 4 is 23.2 Å². The fraction of sp³-hybridized carbons (Fsp3) is 0.300. The van der Waals surface area contributed by atoms with Crippen molar-refractivity contribution < 1.29 is 19.1 Å². The standard InChI is InChI=1S/C20H22N2O4/c1-13(23)22-9-8-14-10-16(4-6-18(14)22)21-20(24)12-15-11-17(25-2)5-7-19(15)26-3/h4-7,10-11H,8-9,12H2,1-3H3,(H,21,24). The van der Waals surface area contributed by atoms with E-state index in [2.05, 4.69) is 5.32 Å². The van der Waals surface area contributed by atoms with Crippen LogP contribution in [0.1, 0.15) is 18.1 Å². The Kier molecular flexibility index (Phi) is 5.11. The number of hydrogen-bond acceptors (Lipinski definition) is 4. The van der Waals surface area contributed by atoms with Crippen LogP contribution in [0, 0.1) is 0 Å². The summed E-state index contributed by atoms with van der Waals surface area (Å²) >= 11 is 0. The number of carbonyl (C=O) groups excluding carboxylic acids is 2. The highest BCUT2D eigenvalue weighted by Gasteiger charge is 2.22. The Balaban J connectivity index is 1.72. The van der Waals surface area contributed by atoms with E-state index in [0.29, 0.717) is 18.0 Å². The highest BCUT2D eigenvalue weighted by Crippen LogP contribution is 2.31. The van der Waals surface area contributed by atoms with Crippen molar-refractivity contribution in [2.75, 3.05) is 31.0 Å². The summed E-state index contributed by atoms with van der Waals surface area (Å²) in [5, 5.41) is 2.91. The lowest BCUT2D eigenvalue weighted by Gasteiger charge is -2.15. The first-order valence-corrected chi connectivity index (χ1v) is 8.43. The highest BCUT2D eigenvalue weighted by atomic mass is 16.5. The lowest BCUT2D eigenvalue weighted by atomic mass is 10.1. The van der Waals surface area contributed by atoms with Crippen molar-refractivity contribution in [2.24, 2.45) is 0 Å². The van der Waals surface area contributed by atoms with Crippen molar-refractivity contribution in [1.29, 1.82) is 0 Å². The quantitative estimate of drug-likeness (QED) is 0.897. The van der Waals surface area contributed by atoms with Crippen molar-refractivity contribution in [3.8, 4) is 11.5 Å². The Hall–Kier alpha value is -3.02. The Morgan fingerprint density at radius 3 is 2.62 bits per heavy atom. The minimum absolute atomic E-state index is 0.0330. The molecule has 1 N–H and O–H groups in total. The van der Waals surface area contributed by atoms with E-state index in [4.69, 9.17) is 9.47 Å². The van der Waals surface area contributed by atoms with Crippen molar-refractivity contribution in [2.45, 2.75) is 19.8 Å². The summed E-state index contributed by atoms with van der Waals surface area (Å²) < 4.78 is 10.5. The van der Waals surface area contributed by atoms with Crippen LogP contribution in [0.5, 0.6) is 11.5 Å². The van der Waals surface area contributed by atoms with E-state index in [1.165, 1.54) is 0 Å². The van der Waals surface area contributed by atoms with Gasteiger partial charge < -0.3 is 19.7 Å². The van der Waals surface area contributed by atoms with E-state index in [1.54, 1.807) is 44.2 Å². The van der Waals surface area contributed by atoms with Gasteiger partial charge in [-0.05, 0) is 48.4 Å². The number of anilines is 2. The van der Waals surface area contributed by atoms with E-state index in [0.717, 1.165) is 28.9 Å². The zero-order chi connectivity index (χ0) is 18.7. The van der Waals surface area contributed by atoms with E-state index < -0.39 is 0 Å². The Labute approximate surface area is 152 Å². The summed E-state index contributed by atoms with van der Waals surface area (Å²) in [6, 6.07) is 11.0. The van der Waals surface area contributed by atoms with Crippen LogP contribution < -0.4 is 19.7 Å². The molecule has 0 aromatic heterocycles. The van der Waals surface area contributed by atoms with Gasteiger partial charge in [-0.1, -0.05) is 0 Å². The maximum Gasteiger partial charge on any atom is 0.228 e. The van der Waals surface area contributed by atoms with Crippen molar-refractivity contribution in [3.05, 3.63) is 47.5 Å². The molecule has 0 aliphatic carbocycles. The highest BCUT2D eigenvalue weighted by molar-refractivity contribution is 5.96. The van der Waals surface area contributed by atoms with Gasteiger partial charge in [0.1, 0.15) is 11.5 Å². The number of nitrogens with one attached hydrogen (secondary N) is 1. The molecule has 6 nitrogen and oxygen atoms in total. The molecule has 1 heterocycles. The van der Waals surface area contributed by atoms with Crippen LogP contribution in [0.2, 0.25) is 0 Å². The predicted octanol–water partition coefficient (Wildman–Crippen LogP) is 2.79. The first kappa shape index (κ1) is 17.8. The predicted molar refractivity (Wildman–Crippen MR) is 100 cm³/mol. The van der Waals surface area contributed by atoms with Crippen molar-refractivity contribution in [3.63, 3.8) is 0 Å². The Morgan fingerprint density at radius 1 is 1.12 bits per heavy atom. The van der Waals surface area contributed by atoms with Gasteiger partial charge in [0, 0.05) is 30.4 Å². The molecule has 0 atom stereocenters. The normalized spacial score (nSPS) is 12.5. The molecule has 0 bridgehead atoms. The number of fused-ring (bicyclic) bond motifs is 1. The third kappa shape index (κ3) is 3.64. The van der Waals surface area contributed by atoms with Gasteiger partial charge in [-0.3, -0.25) is 9.59 Å². The van der Waals surface area contributed by atoms with Crippen LogP contribution in [-0.2, 0) is 22.4 Å². The Morgan fingerprint density at radius 2 is 1.92 bits per heavy atom. The molecule has 0 saturated carbocycles. The second kappa shape index (κ2) is 7.47. The second-order valence-electron chi connectivity index (χ2n) is 6.17. The third-order valence-corrected chi connectivity index (χ3v) is 4.48. The summed E-state index contributed by atoms with van der Waals surface area (Å²) in [7, 11) is 3.16. The van der Waals surface area contributed by atoms with E-state index in [9.17, 15) is 9.59 Å². The Bertz CT molecular complexity index is 848. The van der Waals surface area contributed by atoms with Crippen LogP contribution in [0.25, 0.3) is 0 Å². The molecular weight excluding hydrogens is 332 g/mol. The summed E-state index contributed by atoms with van der Waals surface area (Å²) in [4.78, 5) is 25.8. The molecule has 3 rings (SSSR count). The molecular formula is C20H22N2O4. The fourth-order valence-corrected chi connectivity index (χ4v) is 3.20. The van der Waals surface area contributed by atoms with Crippen LogP contribution in [0.15, 0.2) is 36.4 Å². The van der Waals surface area contributed by atoms with Crippen LogP contribution >= 0.6 is 0 Å². The van der Waals surface area contributed by atoms with Gasteiger partial charge in [0.05, 0.1) is 20.6 Å². The average Bonchev–Trinajstić information content (AvgIpc) is 3.05. The molecule has 136 valence electrons. The summed E-state index contributed by atoms with van der Waals surface area (Å²) in [6.45, 7) is 2.25. The molecule has 2 aromatic carbocycles. The summed E-state index contributed by atoms with van der Waals surface area (Å²) in [5.74, 6) is 1.21. The van der Waals surface area contributed by atoms with Gasteiger partial charge in [-0.25, -0.2) is 0 Å². The molecule has 0 radical (unpaired) electrons. The minimum atomic E-state index is -0.141. The maximum absolute atomic E-state index is 12.5. The zero-order valence-corrected chi connectivity index (χ0v) is 15.2. The van der Waals surface area contributed by atoms with E-state index in [1.807, 2.05) is 18.2 Å². The monoisotopic (exact) mass is 354 g/mol. The van der Waals surface area contributed by atoms with Gasteiger partial charge in [0.2, 0.25) is 11.8 Å². The van der Waals surface area contributed by atoms with Gasteiger partial charge in [0.25, 0.3) is 0 Å². The molecule has 2 amide bonds. The topological polar surface area (TPSA) is 67.9 Å². The number of nitrogens with zero attached hydrogens (tertiary/aromatic N) is 1. The van der Waals surface area contributed by atoms with Crippen LogP contribution in [0.4, 0.5) is 11.4 Å². The lowest BCUT2D eigenvalue weighted by molar-refractivity contribution is -0.117. The first-order chi connectivity index (χ1) is 12.5. The second-order valence-corrected chi connectivity index (χ2v) is 6.17. The summed E-state index contributed by atoms with van der Waals surface area (Å²) in [5.41, 5.74) is 3.47. The van der Waals surface area contributed by atoms with Crippen LogP contribution in [-0.4, -0.2) is 32.6 Å². The lowest BCUT2D eigenvalue weighted by Crippen LogP contribution is -2.25. The van der Waals surface area contributed by atoms with Crippen molar-refractivity contribution in [1.82, 2.24) is 0 Å². The minimum Gasteiger partial charge on any atom is -0.497 e. The fourth-order valence-electron chi connectivity index (χ4n) is 3.20. The first-order valence-electron chi connectivity index (χ1n) is 8.43. The van der Waals surface area contributed by atoms with Gasteiger partial charge >= 0.3 is 0 Å². The summed E-state index contributed by atoms with van der Waals surface area (Å²) in [6.07, 6.45) is 0.972. The van der Waals surface area contributed by atoms with E-state index >= 15 is 0 Å². The smallest absolute Gasteiger partial charge is 0.228 e. The SMILES string of the molecule is COc1ccc(OC)c(CC(=O)Nc2ccc3c(c2)CCN3C(C)=O)c1. The number of benzene rings is 2. The molecule has 1 aliphatic rings. The molecule has 0 spiro atoms. The molecule has 26 heavy (non-hydrogen) atoms. The average molecular weight is 354 g/mol. The molecule has 2 aromatic rings. The molecule has 0 saturated heterocycles. The number of amides is 2. The number of ether oxygens (including phenoxy) is 2. The zero-order valence-electron chi connectivity index (χ0n) is 15.2. The third-order valence-electron chi connectivity index (χ3n) is 4.48. The van der Waals surface area contributed by atoms with Gasteiger partial charge in [-0.2, -0.15) is 0 Å². The van der Waals surface area contributed by atoms with E-state index in [-0.39, 0.29) is 18.2 Å². The number of carbonyl (C=O) groups is 2. The molecule has 0 fully saturated rings. The van der Waals surface area contributed by atoms with Crippen LogP contribution in [0.3, 0.4) is 0 Å². The molecule has 1 aliphatic heterocycles. The number of hydrogen-bond donors (Lipinski definition) is 1. The molecule has 0 unspecified atom stereocenters. The molecule has 6 heteroatoms. The van der Waals surface area contributed by atoms with Gasteiger partial charge in [-0.15, -0.1) is 0 Å². The maximum atomic E-state index is 12.5. The largest absolute Gasteiger partial charge is 0.497 e.